The first-order valence-corrected chi connectivity index (χ1v) is 5.88. The van der Waals surface area contributed by atoms with Gasteiger partial charge in [0.05, 0.1) is 0 Å². The molecule has 1 aliphatic carbocycles. The molecule has 86 valence electrons. The molecule has 1 rings (SSSR count). The molecule has 3 heteroatoms. The SMILES string of the molecule is CC1(C)C(C(=O)NC/C=C/CCl)C1(C)C. The third kappa shape index (κ3) is 2.20. The maximum absolute atomic E-state index is 11.8. The van der Waals surface area contributed by atoms with Crippen LogP contribution >= 0.6 is 11.6 Å². The number of hydrogen-bond acceptors (Lipinski definition) is 1. The predicted octanol–water partition coefficient (Wildman–Crippen LogP) is 2.58. The van der Waals surface area contributed by atoms with Crippen molar-refractivity contribution < 1.29 is 4.79 Å². The summed E-state index contributed by atoms with van der Waals surface area (Å²) in [6.07, 6.45) is 3.72. The molecule has 0 unspecified atom stereocenters. The number of carbonyl (C=O) groups excluding carboxylic acids is 1. The summed E-state index contributed by atoms with van der Waals surface area (Å²) in [7, 11) is 0. The number of carbonyl (C=O) groups is 1. The Morgan fingerprint density at radius 3 is 2.20 bits per heavy atom. The van der Waals surface area contributed by atoms with E-state index in [0.29, 0.717) is 12.4 Å². The summed E-state index contributed by atoms with van der Waals surface area (Å²) >= 11 is 5.48. The second kappa shape index (κ2) is 4.17. The quantitative estimate of drug-likeness (QED) is 0.583. The molecule has 1 aliphatic rings. The van der Waals surface area contributed by atoms with Crippen molar-refractivity contribution in [1.82, 2.24) is 5.32 Å². The van der Waals surface area contributed by atoms with Crippen LogP contribution in [-0.2, 0) is 4.79 Å². The van der Waals surface area contributed by atoms with E-state index in [1.54, 1.807) is 0 Å². The lowest BCUT2D eigenvalue weighted by Gasteiger charge is -2.03. The highest BCUT2D eigenvalue weighted by atomic mass is 35.5. The van der Waals surface area contributed by atoms with Crippen LogP contribution in [0.5, 0.6) is 0 Å². The number of nitrogens with one attached hydrogen (secondary N) is 1. The summed E-state index contributed by atoms with van der Waals surface area (Å²) in [5.41, 5.74) is 0.237. The number of allylic oxidation sites excluding steroid dienone is 1. The molecular weight excluding hydrogens is 210 g/mol. The van der Waals surface area contributed by atoms with E-state index in [0.717, 1.165) is 0 Å². The van der Waals surface area contributed by atoms with Gasteiger partial charge in [-0.1, -0.05) is 39.8 Å². The highest BCUT2D eigenvalue weighted by Gasteiger charge is 2.68. The second-order valence-corrected chi connectivity index (χ2v) is 5.56. The lowest BCUT2D eigenvalue weighted by Crippen LogP contribution is -2.27. The standard InChI is InChI=1S/C12H20ClNO/c1-11(2)9(12(11,3)4)10(15)14-8-6-5-7-13/h5-6,9H,7-8H2,1-4H3,(H,14,15)/b6-5+. The van der Waals surface area contributed by atoms with E-state index in [2.05, 4.69) is 33.0 Å². The van der Waals surface area contributed by atoms with E-state index < -0.39 is 0 Å². The third-order valence-electron chi connectivity index (χ3n) is 3.93. The minimum absolute atomic E-state index is 0.118. The van der Waals surface area contributed by atoms with E-state index in [9.17, 15) is 4.79 Å². The van der Waals surface area contributed by atoms with Crippen molar-refractivity contribution in [2.45, 2.75) is 27.7 Å². The lowest BCUT2D eigenvalue weighted by molar-refractivity contribution is -0.123. The molecule has 0 spiro atoms. The van der Waals surface area contributed by atoms with Gasteiger partial charge in [-0.25, -0.2) is 0 Å². The van der Waals surface area contributed by atoms with Gasteiger partial charge in [0.2, 0.25) is 5.91 Å². The average molecular weight is 230 g/mol. The molecule has 1 saturated carbocycles. The molecule has 1 fully saturated rings. The molecule has 0 bridgehead atoms. The number of hydrogen-bond donors (Lipinski definition) is 1. The molecule has 1 amide bonds. The van der Waals surface area contributed by atoms with Gasteiger partial charge in [0.1, 0.15) is 0 Å². The Balaban J connectivity index is 2.41. The second-order valence-electron chi connectivity index (χ2n) is 5.25. The van der Waals surface area contributed by atoms with Crippen LogP contribution in [0.2, 0.25) is 0 Å². The molecule has 0 aromatic heterocycles. The first-order valence-electron chi connectivity index (χ1n) is 5.34. The molecule has 0 radical (unpaired) electrons. The molecule has 0 saturated heterocycles. The lowest BCUT2D eigenvalue weighted by atomic mass is 10.0. The van der Waals surface area contributed by atoms with Gasteiger partial charge in [-0.3, -0.25) is 4.79 Å². The minimum atomic E-state index is 0.118. The van der Waals surface area contributed by atoms with Crippen molar-refractivity contribution in [3.8, 4) is 0 Å². The summed E-state index contributed by atoms with van der Waals surface area (Å²) < 4.78 is 0. The Morgan fingerprint density at radius 1 is 1.27 bits per heavy atom. The van der Waals surface area contributed by atoms with Crippen molar-refractivity contribution in [1.29, 1.82) is 0 Å². The molecule has 1 N–H and O–H groups in total. The van der Waals surface area contributed by atoms with E-state index in [1.807, 2.05) is 12.2 Å². The van der Waals surface area contributed by atoms with Crippen LogP contribution < -0.4 is 5.32 Å². The van der Waals surface area contributed by atoms with Crippen LogP contribution in [0.25, 0.3) is 0 Å². The Kier molecular flexibility index (Phi) is 3.49. The Morgan fingerprint density at radius 2 is 1.80 bits per heavy atom. The van der Waals surface area contributed by atoms with Crippen molar-refractivity contribution >= 4 is 17.5 Å². The maximum atomic E-state index is 11.8. The molecule has 0 heterocycles. The van der Waals surface area contributed by atoms with Gasteiger partial charge in [0.25, 0.3) is 0 Å². The van der Waals surface area contributed by atoms with Gasteiger partial charge in [0.15, 0.2) is 0 Å². The molecular formula is C12H20ClNO. The highest BCUT2D eigenvalue weighted by Crippen LogP contribution is 2.68. The van der Waals surface area contributed by atoms with Crippen molar-refractivity contribution in [3.63, 3.8) is 0 Å². The normalized spacial score (nSPS) is 23.0. The van der Waals surface area contributed by atoms with Crippen LogP contribution in [0, 0.1) is 16.7 Å². The van der Waals surface area contributed by atoms with E-state index in [-0.39, 0.29) is 22.7 Å². The topological polar surface area (TPSA) is 29.1 Å². The fraction of sp³-hybridized carbons (Fsp3) is 0.750. The summed E-state index contributed by atoms with van der Waals surface area (Å²) in [6, 6.07) is 0. The van der Waals surface area contributed by atoms with Gasteiger partial charge in [-0.15, -0.1) is 11.6 Å². The Hall–Kier alpha value is -0.500. The average Bonchev–Trinajstić information content (AvgIpc) is 2.51. The number of halogens is 1. The molecule has 0 aromatic carbocycles. The van der Waals surface area contributed by atoms with Crippen LogP contribution in [0.4, 0.5) is 0 Å². The molecule has 0 aromatic rings. The van der Waals surface area contributed by atoms with Gasteiger partial charge < -0.3 is 5.32 Å². The van der Waals surface area contributed by atoms with Gasteiger partial charge in [0, 0.05) is 18.3 Å². The maximum Gasteiger partial charge on any atom is 0.224 e. The molecule has 0 atom stereocenters. The first-order chi connectivity index (χ1) is 6.85. The third-order valence-corrected chi connectivity index (χ3v) is 4.11. The first kappa shape index (κ1) is 12.6. The molecule has 0 aliphatic heterocycles. The van der Waals surface area contributed by atoms with Crippen LogP contribution in [0.15, 0.2) is 12.2 Å². The van der Waals surface area contributed by atoms with Crippen LogP contribution in [-0.4, -0.2) is 18.3 Å². The fourth-order valence-electron chi connectivity index (χ4n) is 2.26. The highest BCUT2D eigenvalue weighted by molar-refractivity contribution is 6.18. The largest absolute Gasteiger partial charge is 0.352 e. The summed E-state index contributed by atoms with van der Waals surface area (Å²) in [4.78, 5) is 11.8. The number of amides is 1. The van der Waals surface area contributed by atoms with Crippen molar-refractivity contribution in [2.75, 3.05) is 12.4 Å². The zero-order valence-electron chi connectivity index (χ0n) is 9.93. The van der Waals surface area contributed by atoms with Gasteiger partial charge in [-0.05, 0) is 10.8 Å². The van der Waals surface area contributed by atoms with E-state index in [4.69, 9.17) is 11.6 Å². The van der Waals surface area contributed by atoms with Crippen LogP contribution in [0.3, 0.4) is 0 Å². The molecule has 15 heavy (non-hydrogen) atoms. The van der Waals surface area contributed by atoms with E-state index in [1.165, 1.54) is 0 Å². The summed E-state index contributed by atoms with van der Waals surface area (Å²) in [6.45, 7) is 9.16. The van der Waals surface area contributed by atoms with Gasteiger partial charge in [-0.2, -0.15) is 0 Å². The Labute approximate surface area is 97.1 Å². The van der Waals surface area contributed by atoms with Crippen LogP contribution in [0.1, 0.15) is 27.7 Å². The number of alkyl halides is 1. The monoisotopic (exact) mass is 229 g/mol. The fourth-order valence-corrected chi connectivity index (χ4v) is 2.39. The zero-order chi connectivity index (χ0) is 11.7. The smallest absolute Gasteiger partial charge is 0.224 e. The van der Waals surface area contributed by atoms with E-state index >= 15 is 0 Å². The summed E-state index contributed by atoms with van der Waals surface area (Å²) in [5.74, 6) is 0.787. The van der Waals surface area contributed by atoms with Crippen molar-refractivity contribution in [3.05, 3.63) is 12.2 Å². The Bertz CT molecular complexity index is 267. The number of rotatable bonds is 4. The predicted molar refractivity (Wildman–Crippen MR) is 63.9 cm³/mol. The minimum Gasteiger partial charge on any atom is -0.352 e. The molecule has 2 nitrogen and oxygen atoms in total. The zero-order valence-corrected chi connectivity index (χ0v) is 10.7. The van der Waals surface area contributed by atoms with Gasteiger partial charge >= 0.3 is 0 Å². The van der Waals surface area contributed by atoms with Crippen molar-refractivity contribution in [2.24, 2.45) is 16.7 Å². The summed E-state index contributed by atoms with van der Waals surface area (Å²) in [5, 5.41) is 2.91.